The highest BCUT2D eigenvalue weighted by molar-refractivity contribution is 5.52. The number of hydrogen-bond donors (Lipinski definition) is 0. The van der Waals surface area contributed by atoms with Gasteiger partial charge >= 0.3 is 0 Å². The number of rotatable bonds is 14. The second-order valence-corrected chi connectivity index (χ2v) is 6.71. The molecular formula is C24H34O5. The van der Waals surface area contributed by atoms with Gasteiger partial charge in [0.2, 0.25) is 0 Å². The van der Waals surface area contributed by atoms with Crippen molar-refractivity contribution in [3.63, 3.8) is 0 Å². The Labute approximate surface area is 174 Å². The predicted octanol–water partition coefficient (Wildman–Crippen LogP) is 6.63. The van der Waals surface area contributed by atoms with Crippen LogP contribution in [0.1, 0.15) is 53.4 Å². The summed E-state index contributed by atoms with van der Waals surface area (Å²) in [4.78, 5) is 0. The van der Waals surface area contributed by atoms with Gasteiger partial charge in [0, 0.05) is 12.1 Å². The van der Waals surface area contributed by atoms with Gasteiger partial charge < -0.3 is 23.7 Å². The van der Waals surface area contributed by atoms with Crippen LogP contribution in [0.15, 0.2) is 36.4 Å². The molecule has 2 aromatic carbocycles. The van der Waals surface area contributed by atoms with Gasteiger partial charge in [-0.15, -0.1) is 0 Å². The molecular weight excluding hydrogens is 368 g/mol. The van der Waals surface area contributed by atoms with Crippen molar-refractivity contribution in [2.75, 3.05) is 26.4 Å². The van der Waals surface area contributed by atoms with Crippen molar-refractivity contribution in [1.82, 2.24) is 0 Å². The minimum Gasteiger partial charge on any atom is -0.493 e. The first kappa shape index (κ1) is 22.7. The third-order valence-corrected chi connectivity index (χ3v) is 3.92. The predicted molar refractivity (Wildman–Crippen MR) is 116 cm³/mol. The number of hydrogen-bond acceptors (Lipinski definition) is 5. The lowest BCUT2D eigenvalue weighted by Crippen LogP contribution is -2.02. The van der Waals surface area contributed by atoms with Crippen LogP contribution < -0.4 is 23.7 Å². The second kappa shape index (κ2) is 12.8. The van der Waals surface area contributed by atoms with Crippen molar-refractivity contribution < 1.29 is 23.7 Å². The van der Waals surface area contributed by atoms with Gasteiger partial charge in [0.15, 0.2) is 23.0 Å². The second-order valence-electron chi connectivity index (χ2n) is 6.71. The molecule has 0 heterocycles. The fourth-order valence-corrected chi connectivity index (χ4v) is 2.54. The molecule has 0 spiro atoms. The maximum absolute atomic E-state index is 6.27. The zero-order chi connectivity index (χ0) is 20.9. The van der Waals surface area contributed by atoms with Crippen LogP contribution >= 0.6 is 0 Å². The molecule has 2 aromatic rings. The molecule has 0 radical (unpaired) electrons. The van der Waals surface area contributed by atoms with Crippen LogP contribution in [-0.2, 0) is 0 Å². The summed E-state index contributed by atoms with van der Waals surface area (Å²) in [5.41, 5.74) is 0. The van der Waals surface area contributed by atoms with Crippen LogP contribution in [0.25, 0.3) is 0 Å². The molecule has 0 aliphatic heterocycles. The van der Waals surface area contributed by atoms with Crippen molar-refractivity contribution in [3.05, 3.63) is 36.4 Å². The van der Waals surface area contributed by atoms with E-state index in [0.717, 1.165) is 37.2 Å². The zero-order valence-corrected chi connectivity index (χ0v) is 18.2. The summed E-state index contributed by atoms with van der Waals surface area (Å²) in [5.74, 6) is 4.05. The monoisotopic (exact) mass is 402 g/mol. The Morgan fingerprint density at radius 1 is 0.483 bits per heavy atom. The highest BCUT2D eigenvalue weighted by Crippen LogP contribution is 2.40. The van der Waals surface area contributed by atoms with E-state index < -0.39 is 0 Å². The summed E-state index contributed by atoms with van der Waals surface area (Å²) in [7, 11) is 0. The van der Waals surface area contributed by atoms with Crippen molar-refractivity contribution >= 4 is 0 Å². The molecule has 160 valence electrons. The Kier molecular flexibility index (Phi) is 10.0. The first-order valence-corrected chi connectivity index (χ1v) is 10.7. The minimum atomic E-state index is 0.598. The van der Waals surface area contributed by atoms with E-state index in [9.17, 15) is 0 Å². The summed E-state index contributed by atoms with van der Waals surface area (Å²) in [6, 6.07) is 11.3. The Balaban J connectivity index is 2.34. The third-order valence-electron chi connectivity index (χ3n) is 3.92. The van der Waals surface area contributed by atoms with Gasteiger partial charge in [0.25, 0.3) is 0 Å². The normalized spacial score (nSPS) is 10.5. The summed E-state index contributed by atoms with van der Waals surface area (Å²) in [5, 5.41) is 0. The van der Waals surface area contributed by atoms with Crippen LogP contribution in [0.4, 0.5) is 0 Å². The van der Waals surface area contributed by atoms with Gasteiger partial charge in [-0.25, -0.2) is 0 Å². The van der Waals surface area contributed by atoms with E-state index in [4.69, 9.17) is 23.7 Å². The fourth-order valence-electron chi connectivity index (χ4n) is 2.54. The Hall–Kier alpha value is -2.56. The molecule has 0 unspecified atom stereocenters. The molecule has 0 atom stereocenters. The van der Waals surface area contributed by atoms with Crippen molar-refractivity contribution in [2.45, 2.75) is 53.4 Å². The third kappa shape index (κ3) is 7.41. The van der Waals surface area contributed by atoms with Crippen molar-refractivity contribution in [2.24, 2.45) is 0 Å². The van der Waals surface area contributed by atoms with E-state index in [1.54, 1.807) is 0 Å². The van der Waals surface area contributed by atoms with E-state index in [2.05, 4.69) is 27.7 Å². The Bertz CT molecular complexity index is 668. The molecule has 0 bridgehead atoms. The van der Waals surface area contributed by atoms with Crippen LogP contribution in [-0.4, -0.2) is 26.4 Å². The van der Waals surface area contributed by atoms with E-state index in [-0.39, 0.29) is 0 Å². The van der Waals surface area contributed by atoms with Gasteiger partial charge in [0.1, 0.15) is 11.5 Å². The fraction of sp³-hybridized carbons (Fsp3) is 0.500. The SMILES string of the molecule is CCCOc1ccc(OCCC)c(Oc2cc(OCCC)ccc2OCCC)c1. The molecule has 0 fully saturated rings. The van der Waals surface area contributed by atoms with Crippen molar-refractivity contribution in [1.29, 1.82) is 0 Å². The minimum absolute atomic E-state index is 0.598. The van der Waals surface area contributed by atoms with Gasteiger partial charge in [0.05, 0.1) is 26.4 Å². The van der Waals surface area contributed by atoms with Crippen LogP contribution in [0, 0.1) is 0 Å². The molecule has 5 nitrogen and oxygen atoms in total. The first-order chi connectivity index (χ1) is 14.2. The summed E-state index contributed by atoms with van der Waals surface area (Å²) < 4.78 is 29.6. The van der Waals surface area contributed by atoms with E-state index in [0.29, 0.717) is 49.4 Å². The molecule has 29 heavy (non-hydrogen) atoms. The average Bonchev–Trinajstić information content (AvgIpc) is 2.75. The Morgan fingerprint density at radius 2 is 0.862 bits per heavy atom. The lowest BCUT2D eigenvalue weighted by molar-refractivity contribution is 0.281. The smallest absolute Gasteiger partial charge is 0.173 e. The molecule has 2 rings (SSSR count). The molecule has 0 saturated carbocycles. The van der Waals surface area contributed by atoms with E-state index in [1.807, 2.05) is 36.4 Å². The molecule has 0 aliphatic rings. The summed E-state index contributed by atoms with van der Waals surface area (Å²) in [6.07, 6.45) is 3.71. The van der Waals surface area contributed by atoms with Gasteiger partial charge in [-0.1, -0.05) is 27.7 Å². The number of benzene rings is 2. The van der Waals surface area contributed by atoms with Crippen LogP contribution in [0.5, 0.6) is 34.5 Å². The standard InChI is InChI=1S/C24H34O5/c1-5-13-25-19-9-11-21(27-15-7-3)23(17-19)29-24-18-20(26-14-6-2)10-12-22(24)28-16-8-4/h9-12,17-18H,5-8,13-16H2,1-4H3. The molecule has 0 amide bonds. The quantitative estimate of drug-likeness (QED) is 0.355. The molecule has 0 saturated heterocycles. The molecule has 0 aromatic heterocycles. The maximum Gasteiger partial charge on any atom is 0.173 e. The Morgan fingerprint density at radius 3 is 1.24 bits per heavy atom. The summed E-state index contributed by atoms with van der Waals surface area (Å²) in [6.45, 7) is 10.8. The van der Waals surface area contributed by atoms with Crippen LogP contribution in [0.3, 0.4) is 0 Å². The first-order valence-electron chi connectivity index (χ1n) is 10.7. The maximum atomic E-state index is 6.27. The number of ether oxygens (including phenoxy) is 5. The average molecular weight is 403 g/mol. The van der Waals surface area contributed by atoms with E-state index in [1.165, 1.54) is 0 Å². The lowest BCUT2D eigenvalue weighted by atomic mass is 10.2. The lowest BCUT2D eigenvalue weighted by Gasteiger charge is -2.17. The molecule has 5 heteroatoms. The van der Waals surface area contributed by atoms with Crippen LogP contribution in [0.2, 0.25) is 0 Å². The molecule has 0 N–H and O–H groups in total. The van der Waals surface area contributed by atoms with Gasteiger partial charge in [-0.05, 0) is 49.9 Å². The topological polar surface area (TPSA) is 46.2 Å². The van der Waals surface area contributed by atoms with Crippen molar-refractivity contribution in [3.8, 4) is 34.5 Å². The summed E-state index contributed by atoms with van der Waals surface area (Å²) >= 11 is 0. The largest absolute Gasteiger partial charge is 0.493 e. The van der Waals surface area contributed by atoms with Gasteiger partial charge in [-0.3, -0.25) is 0 Å². The highest BCUT2D eigenvalue weighted by Gasteiger charge is 2.14. The molecule has 0 aliphatic carbocycles. The zero-order valence-electron chi connectivity index (χ0n) is 18.2. The highest BCUT2D eigenvalue weighted by atomic mass is 16.5. The van der Waals surface area contributed by atoms with Gasteiger partial charge in [-0.2, -0.15) is 0 Å². The van der Waals surface area contributed by atoms with E-state index >= 15 is 0 Å².